The van der Waals surface area contributed by atoms with Crippen LogP contribution in [0.3, 0.4) is 0 Å². The van der Waals surface area contributed by atoms with Crippen LogP contribution >= 0.6 is 11.6 Å². The smallest absolute Gasteiger partial charge is 0.227 e. The van der Waals surface area contributed by atoms with E-state index in [0.29, 0.717) is 5.02 Å². The predicted molar refractivity (Wildman–Crippen MR) is 82.9 cm³/mol. The van der Waals surface area contributed by atoms with Crippen LogP contribution in [0.5, 0.6) is 0 Å². The van der Waals surface area contributed by atoms with Crippen LogP contribution in [-0.2, 0) is 4.79 Å². The molecule has 0 saturated carbocycles. The maximum Gasteiger partial charge on any atom is 0.227 e. The van der Waals surface area contributed by atoms with Crippen LogP contribution in [-0.4, -0.2) is 5.91 Å². The molecule has 0 saturated heterocycles. The van der Waals surface area contributed by atoms with Gasteiger partial charge in [0, 0.05) is 5.02 Å². The summed E-state index contributed by atoms with van der Waals surface area (Å²) in [5, 5.41) is 3.72. The predicted octanol–water partition coefficient (Wildman–Crippen LogP) is 4.32. The molecule has 0 bridgehead atoms. The van der Waals surface area contributed by atoms with Gasteiger partial charge in [0.05, 0.1) is 12.0 Å². The molecule has 0 unspecified atom stereocenters. The lowest BCUT2D eigenvalue weighted by molar-refractivity contribution is -0.122. The molecule has 0 heterocycles. The molecule has 0 aliphatic heterocycles. The van der Waals surface area contributed by atoms with E-state index in [4.69, 9.17) is 11.6 Å². The monoisotopic (exact) mass is 287 g/mol. The van der Waals surface area contributed by atoms with E-state index >= 15 is 0 Å². The summed E-state index contributed by atoms with van der Waals surface area (Å²) in [6, 6.07) is 17.3. The van der Waals surface area contributed by atoms with Gasteiger partial charge in [0.2, 0.25) is 5.91 Å². The van der Waals surface area contributed by atoms with Gasteiger partial charge >= 0.3 is 0 Å². The Morgan fingerprint density at radius 2 is 1.55 bits per heavy atom. The van der Waals surface area contributed by atoms with Crippen molar-refractivity contribution in [2.45, 2.75) is 25.8 Å². The summed E-state index contributed by atoms with van der Waals surface area (Å²) in [4.78, 5) is 12.3. The fourth-order valence-corrected chi connectivity index (χ4v) is 2.19. The van der Waals surface area contributed by atoms with E-state index in [0.717, 1.165) is 11.1 Å². The number of hydrogen-bond donors (Lipinski definition) is 1. The number of carbonyl (C=O) groups excluding carboxylic acids is 1. The van der Waals surface area contributed by atoms with E-state index in [1.54, 1.807) is 12.1 Å². The van der Waals surface area contributed by atoms with Gasteiger partial charge in [0.1, 0.15) is 0 Å². The molecule has 0 aromatic heterocycles. The van der Waals surface area contributed by atoms with E-state index in [-0.39, 0.29) is 17.9 Å². The van der Waals surface area contributed by atoms with Crippen molar-refractivity contribution in [1.29, 1.82) is 0 Å². The summed E-state index contributed by atoms with van der Waals surface area (Å²) < 4.78 is 0. The second-order valence-corrected chi connectivity index (χ2v) is 5.35. The Labute approximate surface area is 124 Å². The van der Waals surface area contributed by atoms with Crippen molar-refractivity contribution in [3.63, 3.8) is 0 Å². The lowest BCUT2D eigenvalue weighted by Crippen LogP contribution is -2.30. The first-order valence-electron chi connectivity index (χ1n) is 6.68. The SMILES string of the molecule is C[C@H](C(=O)N[C@H](C)c1ccccc1)c1ccc(Cl)cc1. The standard InChI is InChI=1S/C17H18ClNO/c1-12(14-8-10-16(18)11-9-14)17(20)19-13(2)15-6-4-3-5-7-15/h3-13H,1-2H3,(H,19,20)/t12-,13+/m0/s1. The average Bonchev–Trinajstić information content (AvgIpc) is 2.48. The molecule has 0 fully saturated rings. The maximum atomic E-state index is 12.3. The maximum absolute atomic E-state index is 12.3. The van der Waals surface area contributed by atoms with Crippen molar-refractivity contribution in [2.75, 3.05) is 0 Å². The molecule has 3 heteroatoms. The van der Waals surface area contributed by atoms with Crippen LogP contribution in [0.4, 0.5) is 0 Å². The van der Waals surface area contributed by atoms with Crippen LogP contribution in [0, 0.1) is 0 Å². The first-order chi connectivity index (χ1) is 9.58. The molecule has 2 atom stereocenters. The first-order valence-corrected chi connectivity index (χ1v) is 7.06. The van der Waals surface area contributed by atoms with Crippen molar-refractivity contribution >= 4 is 17.5 Å². The second-order valence-electron chi connectivity index (χ2n) is 4.91. The molecule has 2 aromatic rings. The van der Waals surface area contributed by atoms with Gasteiger partial charge in [0.15, 0.2) is 0 Å². The Balaban J connectivity index is 2.02. The summed E-state index contributed by atoms with van der Waals surface area (Å²) in [6.07, 6.45) is 0. The highest BCUT2D eigenvalue weighted by Gasteiger charge is 2.17. The molecule has 0 aliphatic rings. The lowest BCUT2D eigenvalue weighted by Gasteiger charge is -2.18. The number of benzene rings is 2. The average molecular weight is 288 g/mol. The topological polar surface area (TPSA) is 29.1 Å². The summed E-state index contributed by atoms with van der Waals surface area (Å²) in [6.45, 7) is 3.89. The van der Waals surface area contributed by atoms with Crippen LogP contribution in [0.15, 0.2) is 54.6 Å². The number of carbonyl (C=O) groups is 1. The number of hydrogen-bond acceptors (Lipinski definition) is 1. The molecular formula is C17H18ClNO. The van der Waals surface area contributed by atoms with Gasteiger partial charge in [-0.1, -0.05) is 54.1 Å². The van der Waals surface area contributed by atoms with E-state index < -0.39 is 0 Å². The molecule has 0 spiro atoms. The molecule has 20 heavy (non-hydrogen) atoms. The number of amides is 1. The zero-order chi connectivity index (χ0) is 14.5. The van der Waals surface area contributed by atoms with Gasteiger partial charge in [0.25, 0.3) is 0 Å². The quantitative estimate of drug-likeness (QED) is 0.891. The Morgan fingerprint density at radius 1 is 0.950 bits per heavy atom. The van der Waals surface area contributed by atoms with E-state index in [9.17, 15) is 4.79 Å². The minimum absolute atomic E-state index is 0.00143. The lowest BCUT2D eigenvalue weighted by atomic mass is 9.99. The van der Waals surface area contributed by atoms with E-state index in [1.807, 2.05) is 56.3 Å². The molecule has 2 aromatic carbocycles. The Bertz CT molecular complexity index is 565. The number of halogens is 1. The van der Waals surface area contributed by atoms with Crippen LogP contribution < -0.4 is 5.32 Å². The third kappa shape index (κ3) is 3.61. The summed E-state index contributed by atoms with van der Waals surface area (Å²) >= 11 is 5.86. The van der Waals surface area contributed by atoms with Crippen molar-refractivity contribution in [2.24, 2.45) is 0 Å². The van der Waals surface area contributed by atoms with Crippen LogP contribution in [0.2, 0.25) is 5.02 Å². The largest absolute Gasteiger partial charge is 0.349 e. The summed E-state index contributed by atoms with van der Waals surface area (Å²) in [7, 11) is 0. The van der Waals surface area contributed by atoms with Crippen molar-refractivity contribution in [3.8, 4) is 0 Å². The third-order valence-electron chi connectivity index (χ3n) is 3.42. The Kier molecular flexibility index (Phi) is 4.80. The Hall–Kier alpha value is -1.80. The molecular weight excluding hydrogens is 270 g/mol. The van der Waals surface area contributed by atoms with Crippen molar-refractivity contribution < 1.29 is 4.79 Å². The molecule has 2 nitrogen and oxygen atoms in total. The Morgan fingerprint density at radius 3 is 2.15 bits per heavy atom. The molecule has 1 amide bonds. The minimum Gasteiger partial charge on any atom is -0.349 e. The zero-order valence-corrected chi connectivity index (χ0v) is 12.4. The highest BCUT2D eigenvalue weighted by molar-refractivity contribution is 6.30. The van der Waals surface area contributed by atoms with Gasteiger partial charge < -0.3 is 5.32 Å². The van der Waals surface area contributed by atoms with Crippen LogP contribution in [0.1, 0.15) is 36.9 Å². The molecule has 2 rings (SSSR count). The minimum atomic E-state index is -0.196. The molecule has 0 aliphatic carbocycles. The molecule has 104 valence electrons. The summed E-state index contributed by atoms with van der Waals surface area (Å²) in [5.41, 5.74) is 2.07. The molecule has 0 radical (unpaired) electrons. The highest BCUT2D eigenvalue weighted by atomic mass is 35.5. The zero-order valence-electron chi connectivity index (χ0n) is 11.6. The molecule has 1 N–H and O–H groups in total. The first kappa shape index (κ1) is 14.6. The van der Waals surface area contributed by atoms with Crippen molar-refractivity contribution in [1.82, 2.24) is 5.32 Å². The highest BCUT2D eigenvalue weighted by Crippen LogP contribution is 2.20. The fraction of sp³-hybridized carbons (Fsp3) is 0.235. The van der Waals surface area contributed by atoms with E-state index in [1.165, 1.54) is 0 Å². The third-order valence-corrected chi connectivity index (χ3v) is 3.67. The van der Waals surface area contributed by atoms with Gasteiger partial charge in [-0.05, 0) is 37.1 Å². The van der Waals surface area contributed by atoms with Gasteiger partial charge in [-0.3, -0.25) is 4.79 Å². The van der Waals surface area contributed by atoms with Crippen LogP contribution in [0.25, 0.3) is 0 Å². The number of nitrogens with one attached hydrogen (secondary N) is 1. The van der Waals surface area contributed by atoms with Gasteiger partial charge in [-0.2, -0.15) is 0 Å². The van der Waals surface area contributed by atoms with Crippen molar-refractivity contribution in [3.05, 3.63) is 70.7 Å². The van der Waals surface area contributed by atoms with E-state index in [2.05, 4.69) is 5.32 Å². The normalized spacial score (nSPS) is 13.6. The van der Waals surface area contributed by atoms with Gasteiger partial charge in [-0.15, -0.1) is 0 Å². The summed E-state index contributed by atoms with van der Waals surface area (Å²) in [5.74, 6) is -0.179. The number of rotatable bonds is 4. The fourth-order valence-electron chi connectivity index (χ4n) is 2.07. The van der Waals surface area contributed by atoms with Gasteiger partial charge in [-0.25, -0.2) is 0 Å². The second kappa shape index (κ2) is 6.58.